The number of ether oxygens (including phenoxy) is 2. The van der Waals surface area contributed by atoms with Gasteiger partial charge in [-0.25, -0.2) is 9.59 Å². The average Bonchev–Trinajstić information content (AvgIpc) is 2.66. The predicted molar refractivity (Wildman–Crippen MR) is 102 cm³/mol. The Morgan fingerprint density at radius 1 is 0.846 bits per heavy atom. The predicted octanol–water partition coefficient (Wildman–Crippen LogP) is 5.69. The van der Waals surface area contributed by atoms with Gasteiger partial charge in [-0.1, -0.05) is 56.3 Å². The van der Waals surface area contributed by atoms with Gasteiger partial charge in [-0.05, 0) is 42.8 Å². The van der Waals surface area contributed by atoms with Crippen molar-refractivity contribution in [2.45, 2.75) is 39.0 Å². The van der Waals surface area contributed by atoms with Gasteiger partial charge in [0.1, 0.15) is 5.75 Å². The SMILES string of the molecule is CCCCCCCOC(=O)c1ccc(C(=O)Oc2ccccc2Cl)cc1. The fourth-order valence-electron chi connectivity index (χ4n) is 2.38. The number of hydrogen-bond donors (Lipinski definition) is 0. The summed E-state index contributed by atoms with van der Waals surface area (Å²) in [6.45, 7) is 2.58. The zero-order chi connectivity index (χ0) is 18.8. The minimum Gasteiger partial charge on any atom is -0.462 e. The number of para-hydroxylation sites is 1. The van der Waals surface area contributed by atoms with Crippen LogP contribution in [0.4, 0.5) is 0 Å². The Morgan fingerprint density at radius 2 is 1.46 bits per heavy atom. The molecule has 138 valence electrons. The highest BCUT2D eigenvalue weighted by Crippen LogP contribution is 2.24. The summed E-state index contributed by atoms with van der Waals surface area (Å²) in [5.74, 6) is -0.619. The molecule has 4 nitrogen and oxygen atoms in total. The summed E-state index contributed by atoms with van der Waals surface area (Å²) >= 11 is 5.97. The molecule has 5 heteroatoms. The molecule has 26 heavy (non-hydrogen) atoms. The maximum absolute atomic E-state index is 12.1. The summed E-state index contributed by atoms with van der Waals surface area (Å²) in [7, 11) is 0. The van der Waals surface area contributed by atoms with E-state index in [4.69, 9.17) is 21.1 Å². The lowest BCUT2D eigenvalue weighted by molar-refractivity contribution is 0.0497. The standard InChI is InChI=1S/C21H23ClO4/c1-2-3-4-5-8-15-25-20(23)16-11-13-17(14-12-16)21(24)26-19-10-7-6-9-18(19)22/h6-7,9-14H,2-5,8,15H2,1H3. The van der Waals surface area contributed by atoms with E-state index in [2.05, 4.69) is 6.92 Å². The molecule has 0 saturated carbocycles. The van der Waals surface area contributed by atoms with Crippen molar-refractivity contribution in [2.24, 2.45) is 0 Å². The van der Waals surface area contributed by atoms with E-state index in [0.717, 1.165) is 19.3 Å². The van der Waals surface area contributed by atoms with E-state index in [0.29, 0.717) is 28.5 Å². The number of carbonyl (C=O) groups is 2. The van der Waals surface area contributed by atoms with Crippen LogP contribution in [0, 0.1) is 0 Å². The molecule has 2 aromatic carbocycles. The highest BCUT2D eigenvalue weighted by atomic mass is 35.5. The van der Waals surface area contributed by atoms with Gasteiger partial charge in [-0.2, -0.15) is 0 Å². The first-order valence-electron chi connectivity index (χ1n) is 8.85. The summed E-state index contributed by atoms with van der Waals surface area (Å²) in [6, 6.07) is 12.9. The van der Waals surface area contributed by atoms with Crippen LogP contribution >= 0.6 is 11.6 Å². The number of halogens is 1. The Labute approximate surface area is 159 Å². The van der Waals surface area contributed by atoms with Crippen LogP contribution in [0.1, 0.15) is 59.7 Å². The molecule has 0 aliphatic heterocycles. The van der Waals surface area contributed by atoms with Crippen molar-refractivity contribution >= 4 is 23.5 Å². The van der Waals surface area contributed by atoms with Crippen molar-refractivity contribution < 1.29 is 19.1 Å². The molecule has 2 aromatic rings. The Kier molecular flexibility index (Phi) is 8.16. The first-order chi connectivity index (χ1) is 12.6. The van der Waals surface area contributed by atoms with E-state index in [-0.39, 0.29) is 5.97 Å². The van der Waals surface area contributed by atoms with Gasteiger partial charge in [0.25, 0.3) is 0 Å². The van der Waals surface area contributed by atoms with E-state index >= 15 is 0 Å². The third kappa shape index (κ3) is 6.19. The van der Waals surface area contributed by atoms with Gasteiger partial charge < -0.3 is 9.47 Å². The monoisotopic (exact) mass is 374 g/mol. The molecule has 0 amide bonds. The number of rotatable bonds is 9. The average molecular weight is 375 g/mol. The van der Waals surface area contributed by atoms with Crippen molar-refractivity contribution in [3.8, 4) is 5.75 Å². The minimum absolute atomic E-state index is 0.297. The smallest absolute Gasteiger partial charge is 0.343 e. The van der Waals surface area contributed by atoms with Gasteiger partial charge in [-0.15, -0.1) is 0 Å². The van der Waals surface area contributed by atoms with Crippen molar-refractivity contribution in [3.05, 3.63) is 64.7 Å². The molecule has 0 spiro atoms. The summed E-state index contributed by atoms with van der Waals surface area (Å²) in [4.78, 5) is 24.1. The molecule has 0 fully saturated rings. The van der Waals surface area contributed by atoms with Gasteiger partial charge >= 0.3 is 11.9 Å². The number of unbranched alkanes of at least 4 members (excludes halogenated alkanes) is 4. The Morgan fingerprint density at radius 3 is 2.12 bits per heavy atom. The lowest BCUT2D eigenvalue weighted by Gasteiger charge is -2.07. The van der Waals surface area contributed by atoms with Crippen LogP contribution in [0.3, 0.4) is 0 Å². The maximum atomic E-state index is 12.1. The van der Waals surface area contributed by atoms with Crippen molar-refractivity contribution in [2.75, 3.05) is 6.61 Å². The van der Waals surface area contributed by atoms with Crippen LogP contribution < -0.4 is 4.74 Å². The second kappa shape index (κ2) is 10.6. The van der Waals surface area contributed by atoms with Gasteiger partial charge in [0.05, 0.1) is 22.8 Å². The number of benzene rings is 2. The zero-order valence-electron chi connectivity index (χ0n) is 14.9. The largest absolute Gasteiger partial charge is 0.462 e. The highest BCUT2D eigenvalue weighted by molar-refractivity contribution is 6.32. The molecular weight excluding hydrogens is 352 g/mol. The summed E-state index contributed by atoms with van der Waals surface area (Å²) in [5, 5.41) is 0.361. The van der Waals surface area contributed by atoms with Crippen LogP contribution in [0.5, 0.6) is 5.75 Å². The summed E-state index contributed by atoms with van der Waals surface area (Å²) in [5.41, 5.74) is 0.744. The van der Waals surface area contributed by atoms with Crippen LogP contribution in [0.2, 0.25) is 5.02 Å². The quantitative estimate of drug-likeness (QED) is 0.321. The molecule has 0 atom stereocenters. The van der Waals surface area contributed by atoms with E-state index in [1.165, 1.54) is 25.0 Å². The van der Waals surface area contributed by atoms with E-state index in [9.17, 15) is 9.59 Å². The molecule has 0 saturated heterocycles. The second-order valence-corrected chi connectivity index (χ2v) is 6.35. The third-order valence-corrected chi connectivity index (χ3v) is 4.19. The summed E-state index contributed by atoms with van der Waals surface area (Å²) < 4.78 is 10.5. The van der Waals surface area contributed by atoms with Crippen LogP contribution in [0.15, 0.2) is 48.5 Å². The molecule has 0 aliphatic rings. The fraction of sp³-hybridized carbons (Fsp3) is 0.333. The molecule has 0 radical (unpaired) electrons. The normalized spacial score (nSPS) is 10.4. The Balaban J connectivity index is 1.84. The summed E-state index contributed by atoms with van der Waals surface area (Å²) in [6.07, 6.45) is 5.49. The Hall–Kier alpha value is -2.33. The first-order valence-corrected chi connectivity index (χ1v) is 9.23. The first kappa shape index (κ1) is 20.0. The topological polar surface area (TPSA) is 52.6 Å². The van der Waals surface area contributed by atoms with Gasteiger partial charge in [0, 0.05) is 0 Å². The van der Waals surface area contributed by atoms with Gasteiger partial charge in [0.15, 0.2) is 0 Å². The lowest BCUT2D eigenvalue weighted by atomic mass is 10.1. The molecule has 0 aromatic heterocycles. The van der Waals surface area contributed by atoms with Gasteiger partial charge in [-0.3, -0.25) is 0 Å². The second-order valence-electron chi connectivity index (χ2n) is 5.95. The Bertz CT molecular complexity index is 725. The van der Waals surface area contributed by atoms with E-state index in [1.54, 1.807) is 36.4 Å². The third-order valence-electron chi connectivity index (χ3n) is 3.88. The minimum atomic E-state index is -0.533. The van der Waals surface area contributed by atoms with Crippen molar-refractivity contribution in [3.63, 3.8) is 0 Å². The molecule has 0 aliphatic carbocycles. The zero-order valence-corrected chi connectivity index (χ0v) is 15.6. The number of hydrogen-bond acceptors (Lipinski definition) is 4. The molecule has 0 heterocycles. The van der Waals surface area contributed by atoms with Gasteiger partial charge in [0.2, 0.25) is 0 Å². The molecule has 0 N–H and O–H groups in total. The maximum Gasteiger partial charge on any atom is 0.343 e. The fourth-order valence-corrected chi connectivity index (χ4v) is 2.56. The van der Waals surface area contributed by atoms with Crippen LogP contribution in [-0.4, -0.2) is 18.5 Å². The molecule has 0 unspecified atom stereocenters. The molecular formula is C21H23ClO4. The van der Waals surface area contributed by atoms with Crippen molar-refractivity contribution in [1.82, 2.24) is 0 Å². The van der Waals surface area contributed by atoms with E-state index in [1.807, 2.05) is 0 Å². The lowest BCUT2D eigenvalue weighted by Crippen LogP contribution is -2.10. The van der Waals surface area contributed by atoms with Crippen LogP contribution in [0.25, 0.3) is 0 Å². The molecule has 2 rings (SSSR count). The highest BCUT2D eigenvalue weighted by Gasteiger charge is 2.13. The number of carbonyl (C=O) groups excluding carboxylic acids is 2. The van der Waals surface area contributed by atoms with Crippen molar-refractivity contribution in [1.29, 1.82) is 0 Å². The van der Waals surface area contributed by atoms with Crippen LogP contribution in [-0.2, 0) is 4.74 Å². The molecule has 0 bridgehead atoms. The number of esters is 2. The van der Waals surface area contributed by atoms with E-state index < -0.39 is 5.97 Å².